The van der Waals surface area contributed by atoms with Gasteiger partial charge in [0.25, 0.3) is 0 Å². The van der Waals surface area contributed by atoms with E-state index in [2.05, 4.69) is 11.0 Å². The first-order valence-corrected chi connectivity index (χ1v) is 12.4. The van der Waals surface area contributed by atoms with Crippen molar-refractivity contribution in [2.24, 2.45) is 0 Å². The van der Waals surface area contributed by atoms with E-state index in [0.29, 0.717) is 57.4 Å². The van der Waals surface area contributed by atoms with Crippen LogP contribution in [0.15, 0.2) is 47.4 Å². The fourth-order valence-electron chi connectivity index (χ4n) is 4.61. The third-order valence-corrected chi connectivity index (χ3v) is 8.38. The molecule has 1 saturated heterocycles. The van der Waals surface area contributed by atoms with Crippen molar-refractivity contribution in [2.75, 3.05) is 50.8 Å². The minimum Gasteiger partial charge on any atom is -0.486 e. The molecule has 32 heavy (non-hydrogen) atoms. The molecule has 0 bridgehead atoms. The Kier molecular flexibility index (Phi) is 5.56. The van der Waals surface area contributed by atoms with E-state index in [1.807, 2.05) is 30.0 Å². The number of piperazine rings is 1. The van der Waals surface area contributed by atoms with Gasteiger partial charge in [-0.05, 0) is 37.1 Å². The van der Waals surface area contributed by atoms with E-state index in [-0.39, 0.29) is 16.8 Å². The molecule has 0 saturated carbocycles. The van der Waals surface area contributed by atoms with Gasteiger partial charge in [0, 0.05) is 44.5 Å². The van der Waals surface area contributed by atoms with Crippen molar-refractivity contribution >= 4 is 21.6 Å². The van der Waals surface area contributed by atoms with Crippen LogP contribution in [0.25, 0.3) is 0 Å². The molecule has 8 nitrogen and oxygen atoms in total. The van der Waals surface area contributed by atoms with Gasteiger partial charge in [-0.1, -0.05) is 18.2 Å². The van der Waals surface area contributed by atoms with Crippen LogP contribution in [0.2, 0.25) is 0 Å². The lowest BCUT2D eigenvalue weighted by Crippen LogP contribution is -2.55. The van der Waals surface area contributed by atoms with Gasteiger partial charge >= 0.3 is 0 Å². The number of para-hydroxylation sites is 1. The summed E-state index contributed by atoms with van der Waals surface area (Å²) in [4.78, 5) is 17.3. The number of hydrogen-bond acceptors (Lipinski definition) is 6. The molecule has 0 spiro atoms. The molecular weight excluding hydrogens is 430 g/mol. The summed E-state index contributed by atoms with van der Waals surface area (Å²) in [7, 11) is -3.64. The maximum atomic E-state index is 13.2. The summed E-state index contributed by atoms with van der Waals surface area (Å²) in [6.07, 6.45) is 0.871. The fraction of sp³-hybridized carbons (Fsp3) is 0.435. The maximum absolute atomic E-state index is 13.2. The molecule has 1 amide bonds. The molecule has 3 aliphatic rings. The zero-order chi connectivity index (χ0) is 22.3. The fourth-order valence-corrected chi connectivity index (χ4v) is 6.05. The van der Waals surface area contributed by atoms with Crippen molar-refractivity contribution < 1.29 is 22.7 Å². The van der Waals surface area contributed by atoms with Crippen LogP contribution in [0.5, 0.6) is 11.5 Å². The second kappa shape index (κ2) is 8.38. The lowest BCUT2D eigenvalue weighted by Gasteiger charge is -2.38. The van der Waals surface area contributed by atoms with Gasteiger partial charge in [0.1, 0.15) is 13.2 Å². The lowest BCUT2D eigenvalue weighted by molar-refractivity contribution is -0.123. The van der Waals surface area contributed by atoms with Gasteiger partial charge in [0.15, 0.2) is 11.5 Å². The average Bonchev–Trinajstić information content (AvgIpc) is 3.27. The topological polar surface area (TPSA) is 79.4 Å². The highest BCUT2D eigenvalue weighted by Crippen LogP contribution is 2.33. The number of benzene rings is 2. The summed E-state index contributed by atoms with van der Waals surface area (Å²) in [5.74, 6) is 1.09. The molecule has 1 atom stereocenters. The molecule has 3 heterocycles. The van der Waals surface area contributed by atoms with E-state index in [9.17, 15) is 13.2 Å². The molecule has 0 radical (unpaired) electrons. The molecule has 9 heteroatoms. The number of nitrogens with zero attached hydrogens (tertiary/aromatic N) is 3. The molecule has 0 aromatic heterocycles. The van der Waals surface area contributed by atoms with Crippen LogP contribution >= 0.6 is 0 Å². The van der Waals surface area contributed by atoms with Crippen molar-refractivity contribution in [1.82, 2.24) is 9.21 Å². The SMILES string of the molecule is CC(C(=O)N1CCc2ccccc21)N1CCN(S(=O)(=O)c2ccc3c(c2)OCCO3)CC1. The predicted molar refractivity (Wildman–Crippen MR) is 120 cm³/mol. The van der Waals surface area contributed by atoms with Gasteiger partial charge in [0.05, 0.1) is 10.9 Å². The Balaban J connectivity index is 1.24. The third-order valence-electron chi connectivity index (χ3n) is 6.48. The van der Waals surface area contributed by atoms with Gasteiger partial charge < -0.3 is 14.4 Å². The standard InChI is InChI=1S/C23H27N3O5S/c1-17(23(27)26-9-8-18-4-2-3-5-20(18)26)24-10-12-25(13-11-24)32(28,29)19-6-7-21-22(16-19)31-15-14-30-21/h2-7,16-17H,8-15H2,1H3. The first kappa shape index (κ1) is 21.2. The van der Waals surface area contributed by atoms with E-state index >= 15 is 0 Å². The smallest absolute Gasteiger partial charge is 0.244 e. The number of sulfonamides is 1. The van der Waals surface area contributed by atoms with Crippen LogP contribution in [0, 0.1) is 0 Å². The highest BCUT2D eigenvalue weighted by atomic mass is 32.2. The molecule has 170 valence electrons. The predicted octanol–water partition coefficient (Wildman–Crippen LogP) is 1.74. The largest absolute Gasteiger partial charge is 0.486 e. The number of rotatable bonds is 4. The number of carbonyl (C=O) groups is 1. The first-order chi connectivity index (χ1) is 15.4. The molecule has 2 aromatic carbocycles. The molecule has 5 rings (SSSR count). The van der Waals surface area contributed by atoms with Gasteiger partial charge in [0.2, 0.25) is 15.9 Å². The van der Waals surface area contributed by atoms with Crippen molar-refractivity contribution in [2.45, 2.75) is 24.3 Å². The lowest BCUT2D eigenvalue weighted by atomic mass is 10.1. The Morgan fingerprint density at radius 3 is 2.44 bits per heavy atom. The average molecular weight is 458 g/mol. The molecule has 0 aliphatic carbocycles. The zero-order valence-corrected chi connectivity index (χ0v) is 18.9. The minimum atomic E-state index is -3.64. The Morgan fingerprint density at radius 2 is 1.66 bits per heavy atom. The summed E-state index contributed by atoms with van der Waals surface area (Å²) < 4.78 is 38.8. The second-order valence-corrected chi connectivity index (χ2v) is 10.2. The molecule has 3 aliphatic heterocycles. The van der Waals surface area contributed by atoms with Gasteiger partial charge in [-0.3, -0.25) is 9.69 Å². The summed E-state index contributed by atoms with van der Waals surface area (Å²) in [6, 6.07) is 12.4. The molecule has 1 fully saturated rings. The van der Waals surface area contributed by atoms with Gasteiger partial charge in [-0.25, -0.2) is 8.42 Å². The maximum Gasteiger partial charge on any atom is 0.244 e. The first-order valence-electron chi connectivity index (χ1n) is 11.0. The van der Waals surface area contributed by atoms with Crippen molar-refractivity contribution in [3.05, 3.63) is 48.0 Å². The number of fused-ring (bicyclic) bond motifs is 2. The molecule has 1 unspecified atom stereocenters. The summed E-state index contributed by atoms with van der Waals surface area (Å²) in [5, 5.41) is 0. The number of amides is 1. The number of anilines is 1. The molecular formula is C23H27N3O5S. The van der Waals surface area contributed by atoms with E-state index in [0.717, 1.165) is 12.1 Å². The quantitative estimate of drug-likeness (QED) is 0.696. The highest BCUT2D eigenvalue weighted by Gasteiger charge is 2.35. The number of carbonyl (C=O) groups excluding carboxylic acids is 1. The van der Waals surface area contributed by atoms with Crippen LogP contribution in [0.1, 0.15) is 12.5 Å². The Labute approximate surface area is 188 Å². The Bertz CT molecular complexity index is 1130. The summed E-state index contributed by atoms with van der Waals surface area (Å²) >= 11 is 0. The minimum absolute atomic E-state index is 0.0677. The summed E-state index contributed by atoms with van der Waals surface area (Å²) in [6.45, 7) is 5.16. The molecule has 2 aromatic rings. The van der Waals surface area contributed by atoms with Crippen LogP contribution in [-0.2, 0) is 21.2 Å². The third kappa shape index (κ3) is 3.74. The van der Waals surface area contributed by atoms with Crippen molar-refractivity contribution in [3.63, 3.8) is 0 Å². The monoisotopic (exact) mass is 457 g/mol. The van der Waals surface area contributed by atoms with Gasteiger partial charge in [-0.2, -0.15) is 4.31 Å². The zero-order valence-electron chi connectivity index (χ0n) is 18.1. The summed E-state index contributed by atoms with van der Waals surface area (Å²) in [5.41, 5.74) is 2.19. The van der Waals surface area contributed by atoms with E-state index in [1.165, 1.54) is 15.9 Å². The van der Waals surface area contributed by atoms with Crippen LogP contribution < -0.4 is 14.4 Å². The van der Waals surface area contributed by atoms with Crippen molar-refractivity contribution in [3.8, 4) is 11.5 Å². The van der Waals surface area contributed by atoms with E-state index in [4.69, 9.17) is 9.47 Å². The normalized spacial score (nSPS) is 20.1. The Morgan fingerprint density at radius 1 is 0.938 bits per heavy atom. The number of ether oxygens (including phenoxy) is 2. The van der Waals surface area contributed by atoms with Crippen LogP contribution in [0.3, 0.4) is 0 Å². The van der Waals surface area contributed by atoms with Crippen LogP contribution in [0.4, 0.5) is 5.69 Å². The van der Waals surface area contributed by atoms with Gasteiger partial charge in [-0.15, -0.1) is 0 Å². The number of hydrogen-bond donors (Lipinski definition) is 0. The van der Waals surface area contributed by atoms with E-state index in [1.54, 1.807) is 12.1 Å². The highest BCUT2D eigenvalue weighted by molar-refractivity contribution is 7.89. The Hall–Kier alpha value is -2.62. The van der Waals surface area contributed by atoms with Crippen molar-refractivity contribution in [1.29, 1.82) is 0 Å². The second-order valence-electron chi connectivity index (χ2n) is 8.29. The molecule has 0 N–H and O–H groups in total. The van der Waals surface area contributed by atoms with Crippen LogP contribution in [-0.4, -0.2) is 75.5 Å². The van der Waals surface area contributed by atoms with E-state index < -0.39 is 10.0 Å².